The Labute approximate surface area is 415 Å². The summed E-state index contributed by atoms with van der Waals surface area (Å²) in [6.45, 7) is 0. The minimum atomic E-state index is 0.677. The van der Waals surface area contributed by atoms with E-state index in [9.17, 15) is 0 Å². The number of hydrogen-bond donors (Lipinski definition) is 0. The van der Waals surface area contributed by atoms with Gasteiger partial charge in [-0.25, -0.2) is 9.97 Å². The van der Waals surface area contributed by atoms with E-state index in [4.69, 9.17) is 9.97 Å². The number of rotatable bonds is 6. The van der Waals surface area contributed by atoms with Crippen molar-refractivity contribution in [2.24, 2.45) is 0 Å². The zero-order valence-corrected chi connectivity index (χ0v) is 39.0. The van der Waals surface area contributed by atoms with Crippen molar-refractivity contribution < 1.29 is 0 Å². The molecule has 4 heteroatoms. The summed E-state index contributed by atoms with van der Waals surface area (Å²) < 4.78 is 4.82. The SMILES string of the molecule is c1cc(-c2ccc3c4ccccc4n(-c4cccc(-n5c6ccccc6c6ccccc65)c4)c3c2)cc(-c2nc(-c3cccc4cc5ccccc5cc34)cc(-c3c4ccccc4cc4ccccc34)n2)c1. The van der Waals surface area contributed by atoms with E-state index in [1.54, 1.807) is 0 Å². The normalized spacial score (nSPS) is 11.9. The van der Waals surface area contributed by atoms with Gasteiger partial charge in [-0.1, -0.05) is 182 Å². The van der Waals surface area contributed by atoms with Gasteiger partial charge in [0.15, 0.2) is 5.82 Å². The van der Waals surface area contributed by atoms with Crippen LogP contribution in [0.15, 0.2) is 255 Å². The summed E-state index contributed by atoms with van der Waals surface area (Å²) in [7, 11) is 0. The first-order valence-corrected chi connectivity index (χ1v) is 24.6. The minimum absolute atomic E-state index is 0.677. The van der Waals surface area contributed by atoms with Gasteiger partial charge in [-0.3, -0.25) is 0 Å². The number of hydrogen-bond acceptors (Lipinski definition) is 2. The molecule has 3 aromatic heterocycles. The molecule has 0 saturated heterocycles. The summed E-state index contributed by atoms with van der Waals surface area (Å²) in [5.41, 5.74) is 14.0. The molecular weight excluding hydrogens is 873 g/mol. The summed E-state index contributed by atoms with van der Waals surface area (Å²) >= 11 is 0. The maximum absolute atomic E-state index is 5.55. The zero-order valence-electron chi connectivity index (χ0n) is 39.0. The van der Waals surface area contributed by atoms with Crippen molar-refractivity contribution in [3.8, 4) is 56.4 Å². The predicted octanol–water partition coefficient (Wildman–Crippen LogP) is 18.0. The third-order valence-electron chi connectivity index (χ3n) is 14.8. The van der Waals surface area contributed by atoms with Crippen LogP contribution in [0.3, 0.4) is 0 Å². The van der Waals surface area contributed by atoms with Gasteiger partial charge in [-0.2, -0.15) is 0 Å². The van der Waals surface area contributed by atoms with Crippen LogP contribution < -0.4 is 0 Å². The molecule has 4 nitrogen and oxygen atoms in total. The van der Waals surface area contributed by atoms with Gasteiger partial charge in [0.1, 0.15) is 0 Å². The minimum Gasteiger partial charge on any atom is -0.309 e. The Morgan fingerprint density at radius 1 is 0.250 bits per heavy atom. The van der Waals surface area contributed by atoms with Crippen molar-refractivity contribution in [2.75, 3.05) is 0 Å². The first-order valence-electron chi connectivity index (χ1n) is 24.6. The Hall–Kier alpha value is -9.64. The summed E-state index contributed by atoms with van der Waals surface area (Å²) in [5, 5.41) is 14.4. The molecule has 72 heavy (non-hydrogen) atoms. The standard InChI is InChI=1S/C68H42N4/c1-2-17-45-39-60-49(36-43(45)16-1)21-14-30-55(60)61-42-62(67-53-25-5-3-18-47(53)38-48-19-4-6-26-54(48)67)70-68(69-61)50-22-13-20-44(37-50)46-34-35-59-58-29-9-12-33-65(58)72(66(59)40-46)52-24-15-23-51(41-52)71-63-31-10-7-27-56(63)57-28-8-11-32-64(57)71/h1-42H. The van der Waals surface area contributed by atoms with Gasteiger partial charge >= 0.3 is 0 Å². The Morgan fingerprint density at radius 2 is 0.708 bits per heavy atom. The molecule has 0 aliphatic rings. The van der Waals surface area contributed by atoms with Gasteiger partial charge in [-0.15, -0.1) is 0 Å². The number of para-hydroxylation sites is 3. The molecular formula is C68H42N4. The van der Waals surface area contributed by atoms with Crippen LogP contribution >= 0.6 is 0 Å². The van der Waals surface area contributed by atoms with E-state index >= 15 is 0 Å². The Morgan fingerprint density at radius 3 is 1.38 bits per heavy atom. The smallest absolute Gasteiger partial charge is 0.160 e. The molecule has 0 aliphatic carbocycles. The molecule has 15 rings (SSSR count). The molecule has 15 aromatic rings. The Balaban J connectivity index is 0.915. The fourth-order valence-electron chi connectivity index (χ4n) is 11.6. The molecule has 0 spiro atoms. The average molecular weight is 915 g/mol. The molecule has 12 aromatic carbocycles. The lowest BCUT2D eigenvalue weighted by Crippen LogP contribution is -1.98. The molecule has 0 fully saturated rings. The van der Waals surface area contributed by atoms with Gasteiger partial charge in [0.25, 0.3) is 0 Å². The molecule has 0 atom stereocenters. The van der Waals surface area contributed by atoms with Crippen molar-refractivity contribution in [2.45, 2.75) is 0 Å². The number of fused-ring (bicyclic) bond motifs is 10. The predicted molar refractivity (Wildman–Crippen MR) is 302 cm³/mol. The highest BCUT2D eigenvalue weighted by Crippen LogP contribution is 2.41. The third kappa shape index (κ3) is 6.33. The number of benzene rings is 12. The monoisotopic (exact) mass is 914 g/mol. The molecule has 334 valence electrons. The van der Waals surface area contributed by atoms with Crippen molar-refractivity contribution in [1.29, 1.82) is 0 Å². The van der Waals surface area contributed by atoms with E-state index in [0.29, 0.717) is 5.82 Å². The lowest BCUT2D eigenvalue weighted by Gasteiger charge is -2.15. The highest BCUT2D eigenvalue weighted by Gasteiger charge is 2.20. The second-order valence-electron chi connectivity index (χ2n) is 18.9. The lowest BCUT2D eigenvalue weighted by molar-refractivity contribution is 1.13. The van der Waals surface area contributed by atoms with E-state index in [1.807, 2.05) is 0 Å². The van der Waals surface area contributed by atoms with Gasteiger partial charge in [-0.05, 0) is 127 Å². The van der Waals surface area contributed by atoms with Crippen LogP contribution in [-0.4, -0.2) is 19.1 Å². The van der Waals surface area contributed by atoms with Crippen LogP contribution in [0.5, 0.6) is 0 Å². The Bertz CT molecular complexity index is 4600. The summed E-state index contributed by atoms with van der Waals surface area (Å²) in [4.78, 5) is 11.1. The van der Waals surface area contributed by atoms with Gasteiger partial charge in [0.05, 0.1) is 33.5 Å². The first-order chi connectivity index (χ1) is 35.7. The second kappa shape index (κ2) is 16.0. The summed E-state index contributed by atoms with van der Waals surface area (Å²) in [5.74, 6) is 0.677. The molecule has 3 heterocycles. The van der Waals surface area contributed by atoms with E-state index < -0.39 is 0 Å². The van der Waals surface area contributed by atoms with Gasteiger partial charge < -0.3 is 9.13 Å². The highest BCUT2D eigenvalue weighted by molar-refractivity contribution is 6.14. The molecule has 0 aliphatic heterocycles. The second-order valence-corrected chi connectivity index (χ2v) is 18.9. The fraction of sp³-hybridized carbons (Fsp3) is 0. The molecule has 0 amide bonds. The lowest BCUT2D eigenvalue weighted by atomic mass is 9.93. The van der Waals surface area contributed by atoms with Crippen LogP contribution in [0.25, 0.3) is 143 Å². The van der Waals surface area contributed by atoms with Crippen LogP contribution in [0, 0.1) is 0 Å². The quantitative estimate of drug-likeness (QED) is 0.156. The highest BCUT2D eigenvalue weighted by atomic mass is 15.0. The van der Waals surface area contributed by atoms with Crippen molar-refractivity contribution in [1.82, 2.24) is 19.1 Å². The van der Waals surface area contributed by atoms with E-state index in [0.717, 1.165) is 77.8 Å². The average Bonchev–Trinajstić information content (AvgIpc) is 3.96. The van der Waals surface area contributed by atoms with Crippen molar-refractivity contribution >= 4 is 86.7 Å². The van der Waals surface area contributed by atoms with Gasteiger partial charge in [0.2, 0.25) is 0 Å². The molecule has 0 radical (unpaired) electrons. The van der Waals surface area contributed by atoms with Crippen LogP contribution in [0.2, 0.25) is 0 Å². The van der Waals surface area contributed by atoms with Crippen LogP contribution in [-0.2, 0) is 0 Å². The van der Waals surface area contributed by atoms with E-state index in [1.165, 1.54) is 59.5 Å². The molecule has 0 N–H and O–H groups in total. The maximum Gasteiger partial charge on any atom is 0.160 e. The zero-order chi connectivity index (χ0) is 47.3. The Kier molecular flexibility index (Phi) is 8.92. The maximum atomic E-state index is 5.55. The number of aromatic nitrogens is 4. The summed E-state index contributed by atoms with van der Waals surface area (Å²) in [6, 6.07) is 92.4. The van der Waals surface area contributed by atoms with Crippen molar-refractivity contribution in [3.05, 3.63) is 255 Å². The first kappa shape index (κ1) is 40.3. The molecule has 0 saturated carbocycles. The van der Waals surface area contributed by atoms with Crippen LogP contribution in [0.4, 0.5) is 0 Å². The van der Waals surface area contributed by atoms with Gasteiger partial charge in [0, 0.05) is 49.6 Å². The van der Waals surface area contributed by atoms with Crippen molar-refractivity contribution in [3.63, 3.8) is 0 Å². The van der Waals surface area contributed by atoms with E-state index in [2.05, 4.69) is 264 Å². The topological polar surface area (TPSA) is 35.6 Å². The fourth-order valence-corrected chi connectivity index (χ4v) is 11.6. The molecule has 0 bridgehead atoms. The third-order valence-corrected chi connectivity index (χ3v) is 14.8. The number of nitrogens with zero attached hydrogens (tertiary/aromatic N) is 4. The molecule has 0 unspecified atom stereocenters. The largest absolute Gasteiger partial charge is 0.309 e. The van der Waals surface area contributed by atoms with Crippen LogP contribution in [0.1, 0.15) is 0 Å². The summed E-state index contributed by atoms with van der Waals surface area (Å²) in [6.07, 6.45) is 0. The van der Waals surface area contributed by atoms with E-state index in [-0.39, 0.29) is 0 Å².